The maximum Gasteiger partial charge on any atom is 0.133 e. The molecule has 1 heterocycles. The molecule has 2 aromatic carbocycles. The lowest BCUT2D eigenvalue weighted by molar-refractivity contribution is 1.14. The SMILES string of the molecule is CN(c1ccc2ccccc2n1)c1ccccc1C(=N)N. The Morgan fingerprint density at radius 3 is 2.52 bits per heavy atom. The first kappa shape index (κ1) is 13.1. The molecular weight excluding hydrogens is 260 g/mol. The summed E-state index contributed by atoms with van der Waals surface area (Å²) in [6, 6.07) is 19.6. The second-order valence-electron chi connectivity index (χ2n) is 4.85. The van der Waals surface area contributed by atoms with Crippen LogP contribution in [-0.4, -0.2) is 17.9 Å². The van der Waals surface area contributed by atoms with Gasteiger partial charge in [0.1, 0.15) is 11.7 Å². The average molecular weight is 276 g/mol. The molecule has 21 heavy (non-hydrogen) atoms. The van der Waals surface area contributed by atoms with Crippen LogP contribution in [-0.2, 0) is 0 Å². The summed E-state index contributed by atoms with van der Waals surface area (Å²) in [4.78, 5) is 6.61. The summed E-state index contributed by atoms with van der Waals surface area (Å²) in [6.45, 7) is 0. The van der Waals surface area contributed by atoms with Gasteiger partial charge in [0.05, 0.1) is 11.2 Å². The van der Waals surface area contributed by atoms with Gasteiger partial charge in [0.15, 0.2) is 0 Å². The van der Waals surface area contributed by atoms with Gasteiger partial charge < -0.3 is 10.6 Å². The highest BCUT2D eigenvalue weighted by molar-refractivity contribution is 6.01. The number of nitrogen functional groups attached to an aromatic ring is 1. The van der Waals surface area contributed by atoms with E-state index < -0.39 is 0 Å². The number of amidine groups is 1. The molecule has 104 valence electrons. The number of hydrogen-bond acceptors (Lipinski definition) is 3. The number of fused-ring (bicyclic) bond motifs is 1. The number of nitrogens with two attached hydrogens (primary N) is 1. The van der Waals surface area contributed by atoms with Crippen LogP contribution >= 0.6 is 0 Å². The fraction of sp³-hybridized carbons (Fsp3) is 0.0588. The molecule has 0 aliphatic carbocycles. The van der Waals surface area contributed by atoms with Gasteiger partial charge in [-0.2, -0.15) is 0 Å². The number of anilines is 2. The largest absolute Gasteiger partial charge is 0.384 e. The van der Waals surface area contributed by atoms with E-state index in [1.165, 1.54) is 0 Å². The molecule has 0 bridgehead atoms. The van der Waals surface area contributed by atoms with Crippen molar-refractivity contribution in [2.45, 2.75) is 0 Å². The fourth-order valence-corrected chi connectivity index (χ4v) is 2.36. The predicted molar refractivity (Wildman–Crippen MR) is 87.3 cm³/mol. The monoisotopic (exact) mass is 276 g/mol. The van der Waals surface area contributed by atoms with Gasteiger partial charge in [0.2, 0.25) is 0 Å². The maximum absolute atomic E-state index is 7.69. The molecule has 0 saturated carbocycles. The minimum atomic E-state index is 0.0539. The zero-order valence-electron chi connectivity index (χ0n) is 11.7. The van der Waals surface area contributed by atoms with Crippen molar-refractivity contribution in [1.82, 2.24) is 4.98 Å². The van der Waals surface area contributed by atoms with Crippen LogP contribution in [0.4, 0.5) is 11.5 Å². The Labute approximate surface area is 123 Å². The van der Waals surface area contributed by atoms with E-state index >= 15 is 0 Å². The summed E-state index contributed by atoms with van der Waals surface area (Å²) in [5, 5.41) is 8.80. The number of hydrogen-bond donors (Lipinski definition) is 2. The van der Waals surface area contributed by atoms with E-state index in [4.69, 9.17) is 11.1 Å². The van der Waals surface area contributed by atoms with E-state index in [1.54, 1.807) is 0 Å². The Morgan fingerprint density at radius 1 is 1.00 bits per heavy atom. The van der Waals surface area contributed by atoms with Crippen molar-refractivity contribution >= 4 is 28.2 Å². The zero-order chi connectivity index (χ0) is 14.8. The quantitative estimate of drug-likeness (QED) is 0.570. The maximum atomic E-state index is 7.69. The Hall–Kier alpha value is -2.88. The smallest absolute Gasteiger partial charge is 0.133 e. The lowest BCUT2D eigenvalue weighted by Crippen LogP contribution is -2.19. The molecule has 3 aromatic rings. The van der Waals surface area contributed by atoms with Crippen molar-refractivity contribution in [3.8, 4) is 0 Å². The minimum Gasteiger partial charge on any atom is -0.384 e. The van der Waals surface area contributed by atoms with E-state index in [-0.39, 0.29) is 5.84 Å². The van der Waals surface area contributed by atoms with Gasteiger partial charge in [-0.1, -0.05) is 30.3 Å². The van der Waals surface area contributed by atoms with Gasteiger partial charge in [0, 0.05) is 18.0 Å². The number of nitrogens with one attached hydrogen (secondary N) is 1. The molecule has 0 aliphatic heterocycles. The molecule has 4 heteroatoms. The predicted octanol–water partition coefficient (Wildman–Crippen LogP) is 3.29. The Kier molecular flexibility index (Phi) is 3.28. The first-order chi connectivity index (χ1) is 10.2. The van der Waals surface area contributed by atoms with Gasteiger partial charge in [-0.05, 0) is 30.3 Å². The normalized spacial score (nSPS) is 10.5. The molecule has 4 nitrogen and oxygen atoms in total. The average Bonchev–Trinajstić information content (AvgIpc) is 2.53. The van der Waals surface area contributed by atoms with E-state index in [1.807, 2.05) is 72.6 Å². The molecule has 0 amide bonds. The highest BCUT2D eigenvalue weighted by Gasteiger charge is 2.12. The third kappa shape index (κ3) is 2.43. The summed E-state index contributed by atoms with van der Waals surface area (Å²) in [6.07, 6.45) is 0. The fourth-order valence-electron chi connectivity index (χ4n) is 2.36. The molecule has 0 saturated heterocycles. The summed E-state index contributed by atoms with van der Waals surface area (Å²) >= 11 is 0. The van der Waals surface area contributed by atoms with Gasteiger partial charge in [-0.15, -0.1) is 0 Å². The summed E-state index contributed by atoms with van der Waals surface area (Å²) in [7, 11) is 1.93. The highest BCUT2D eigenvalue weighted by Crippen LogP contribution is 2.26. The van der Waals surface area contributed by atoms with E-state index in [0.717, 1.165) is 22.4 Å². The van der Waals surface area contributed by atoms with Crippen molar-refractivity contribution in [2.24, 2.45) is 5.73 Å². The van der Waals surface area contributed by atoms with Crippen LogP contribution in [0.15, 0.2) is 60.7 Å². The molecule has 0 aliphatic rings. The number of aromatic nitrogens is 1. The zero-order valence-corrected chi connectivity index (χ0v) is 11.7. The number of rotatable bonds is 3. The number of benzene rings is 2. The van der Waals surface area contributed by atoms with Crippen LogP contribution in [0.5, 0.6) is 0 Å². The third-order valence-corrected chi connectivity index (χ3v) is 3.48. The molecular formula is C17H16N4. The highest BCUT2D eigenvalue weighted by atomic mass is 15.2. The summed E-state index contributed by atoms with van der Waals surface area (Å²) < 4.78 is 0. The Morgan fingerprint density at radius 2 is 1.71 bits per heavy atom. The molecule has 3 rings (SSSR count). The van der Waals surface area contributed by atoms with Gasteiger partial charge in [-0.3, -0.25) is 5.41 Å². The molecule has 3 N–H and O–H groups in total. The summed E-state index contributed by atoms with van der Waals surface area (Å²) in [5.74, 6) is 0.876. The van der Waals surface area contributed by atoms with Crippen LogP contribution in [0.3, 0.4) is 0 Å². The van der Waals surface area contributed by atoms with Crippen molar-refractivity contribution in [3.05, 3.63) is 66.2 Å². The van der Waals surface area contributed by atoms with E-state index in [9.17, 15) is 0 Å². The van der Waals surface area contributed by atoms with Crippen molar-refractivity contribution in [1.29, 1.82) is 5.41 Å². The molecule has 1 aromatic heterocycles. The number of nitrogens with zero attached hydrogens (tertiary/aromatic N) is 2. The Balaban J connectivity index is 2.08. The van der Waals surface area contributed by atoms with Crippen LogP contribution in [0.1, 0.15) is 5.56 Å². The molecule has 0 fully saturated rings. The Bertz CT molecular complexity index is 811. The van der Waals surface area contributed by atoms with Crippen LogP contribution in [0, 0.1) is 5.41 Å². The first-order valence-corrected chi connectivity index (χ1v) is 6.70. The molecule has 0 unspecified atom stereocenters. The van der Waals surface area contributed by atoms with E-state index in [2.05, 4.69) is 4.98 Å². The van der Waals surface area contributed by atoms with E-state index in [0.29, 0.717) is 5.56 Å². The van der Waals surface area contributed by atoms with Crippen LogP contribution < -0.4 is 10.6 Å². The first-order valence-electron chi connectivity index (χ1n) is 6.70. The lowest BCUT2D eigenvalue weighted by Gasteiger charge is -2.21. The van der Waals surface area contributed by atoms with Gasteiger partial charge in [0.25, 0.3) is 0 Å². The minimum absolute atomic E-state index is 0.0539. The molecule has 0 atom stereocenters. The van der Waals surface area contributed by atoms with Crippen LogP contribution in [0.25, 0.3) is 10.9 Å². The lowest BCUT2D eigenvalue weighted by atomic mass is 10.1. The third-order valence-electron chi connectivity index (χ3n) is 3.48. The molecule has 0 radical (unpaired) electrons. The van der Waals surface area contributed by atoms with Crippen molar-refractivity contribution in [2.75, 3.05) is 11.9 Å². The molecule has 0 spiro atoms. The van der Waals surface area contributed by atoms with Crippen molar-refractivity contribution < 1.29 is 0 Å². The second-order valence-corrected chi connectivity index (χ2v) is 4.85. The number of pyridine rings is 1. The number of para-hydroxylation sites is 2. The topological polar surface area (TPSA) is 66.0 Å². The van der Waals surface area contributed by atoms with Gasteiger partial charge >= 0.3 is 0 Å². The van der Waals surface area contributed by atoms with Crippen molar-refractivity contribution in [3.63, 3.8) is 0 Å². The second kappa shape index (κ2) is 5.25. The standard InChI is InChI=1S/C17H16N4/c1-21(15-9-5-3-7-13(15)17(18)19)16-11-10-12-6-2-4-8-14(12)20-16/h2-11H,1H3,(H3,18,19). The van der Waals surface area contributed by atoms with Gasteiger partial charge in [-0.25, -0.2) is 4.98 Å². The van der Waals surface area contributed by atoms with Crippen LogP contribution in [0.2, 0.25) is 0 Å². The summed E-state index contributed by atoms with van der Waals surface area (Å²) in [5.41, 5.74) is 8.18.